The zero-order valence-electron chi connectivity index (χ0n) is 12.5. The predicted octanol–water partition coefficient (Wildman–Crippen LogP) is 2.11. The molecule has 0 radical (unpaired) electrons. The topological polar surface area (TPSA) is 79.2 Å². The molecule has 1 amide bonds. The van der Waals surface area contributed by atoms with Gasteiger partial charge in [0.2, 0.25) is 5.91 Å². The van der Waals surface area contributed by atoms with Crippen molar-refractivity contribution >= 4 is 11.9 Å². The van der Waals surface area contributed by atoms with Crippen LogP contribution in [0.5, 0.6) is 0 Å². The molecule has 118 valence electrons. The molecule has 5 nitrogen and oxygen atoms in total. The molecule has 6 heteroatoms. The highest BCUT2D eigenvalue weighted by atomic mass is 19.1. The maximum absolute atomic E-state index is 12.8. The SMILES string of the molecule is COC(=O)[C@@H](CCCCC#N)NC(=O)Cc1ccc(F)cc1. The van der Waals surface area contributed by atoms with E-state index in [-0.39, 0.29) is 18.1 Å². The number of benzene rings is 1. The average Bonchev–Trinajstić information content (AvgIpc) is 2.51. The van der Waals surface area contributed by atoms with Gasteiger partial charge in [0.05, 0.1) is 19.6 Å². The second-order valence-electron chi connectivity index (χ2n) is 4.85. The summed E-state index contributed by atoms with van der Waals surface area (Å²) in [6, 6.07) is 6.91. The molecule has 0 aliphatic heterocycles. The zero-order valence-corrected chi connectivity index (χ0v) is 12.5. The Balaban J connectivity index is 2.52. The van der Waals surface area contributed by atoms with Crippen LogP contribution < -0.4 is 5.32 Å². The van der Waals surface area contributed by atoms with Crippen LogP contribution in [0.3, 0.4) is 0 Å². The molecule has 1 aromatic rings. The molecule has 0 saturated heterocycles. The number of hydrogen-bond acceptors (Lipinski definition) is 4. The molecule has 1 aromatic carbocycles. The Morgan fingerprint density at radius 1 is 1.32 bits per heavy atom. The Hall–Kier alpha value is -2.42. The Morgan fingerprint density at radius 2 is 2.00 bits per heavy atom. The normalized spacial score (nSPS) is 11.3. The van der Waals surface area contributed by atoms with Gasteiger partial charge in [0.15, 0.2) is 0 Å². The Bertz CT molecular complexity index is 537. The highest BCUT2D eigenvalue weighted by Gasteiger charge is 2.20. The van der Waals surface area contributed by atoms with Crippen molar-refractivity contribution in [1.82, 2.24) is 5.32 Å². The third-order valence-electron chi connectivity index (χ3n) is 3.13. The molecule has 0 bridgehead atoms. The number of amides is 1. The summed E-state index contributed by atoms with van der Waals surface area (Å²) in [6.45, 7) is 0. The molecule has 0 saturated carbocycles. The van der Waals surface area contributed by atoms with Gasteiger partial charge in [-0.2, -0.15) is 5.26 Å². The fraction of sp³-hybridized carbons (Fsp3) is 0.438. The number of methoxy groups -OCH3 is 1. The van der Waals surface area contributed by atoms with E-state index in [9.17, 15) is 14.0 Å². The summed E-state index contributed by atoms with van der Waals surface area (Å²) in [4.78, 5) is 23.6. The van der Waals surface area contributed by atoms with Gasteiger partial charge in [-0.05, 0) is 37.0 Å². The summed E-state index contributed by atoms with van der Waals surface area (Å²) in [5.74, 6) is -1.21. The zero-order chi connectivity index (χ0) is 16.4. The standard InChI is InChI=1S/C16H19FN2O3/c1-22-16(21)14(5-3-2-4-10-18)19-15(20)11-12-6-8-13(17)9-7-12/h6-9,14H,2-5,11H2,1H3,(H,19,20)/t14-/m1/s1. The first-order chi connectivity index (χ1) is 10.6. The van der Waals surface area contributed by atoms with E-state index in [1.165, 1.54) is 31.4 Å². The summed E-state index contributed by atoms with van der Waals surface area (Å²) < 4.78 is 17.5. The molecule has 0 unspecified atom stereocenters. The van der Waals surface area contributed by atoms with Crippen molar-refractivity contribution in [2.24, 2.45) is 0 Å². The number of carbonyl (C=O) groups excluding carboxylic acids is 2. The van der Waals surface area contributed by atoms with Crippen LogP contribution in [0.2, 0.25) is 0 Å². The molecule has 1 atom stereocenters. The van der Waals surface area contributed by atoms with Gasteiger partial charge in [-0.25, -0.2) is 9.18 Å². The predicted molar refractivity (Wildman–Crippen MR) is 78.1 cm³/mol. The lowest BCUT2D eigenvalue weighted by Crippen LogP contribution is -2.42. The van der Waals surface area contributed by atoms with Crippen LogP contribution in [0.25, 0.3) is 0 Å². The second kappa shape index (κ2) is 9.50. The Kier molecular flexibility index (Phi) is 7.62. The second-order valence-corrected chi connectivity index (χ2v) is 4.85. The van der Waals surface area contributed by atoms with Crippen LogP contribution >= 0.6 is 0 Å². The van der Waals surface area contributed by atoms with Gasteiger partial charge < -0.3 is 10.1 Å². The van der Waals surface area contributed by atoms with Crippen LogP contribution in [-0.2, 0) is 20.7 Å². The minimum atomic E-state index is -0.725. The van der Waals surface area contributed by atoms with Crippen molar-refractivity contribution in [3.8, 4) is 6.07 Å². The molecule has 22 heavy (non-hydrogen) atoms. The minimum Gasteiger partial charge on any atom is -0.467 e. The van der Waals surface area contributed by atoms with Gasteiger partial charge in [-0.1, -0.05) is 12.1 Å². The first-order valence-electron chi connectivity index (χ1n) is 7.05. The van der Waals surface area contributed by atoms with E-state index in [1.807, 2.05) is 6.07 Å². The number of nitrogens with one attached hydrogen (secondary N) is 1. The van der Waals surface area contributed by atoms with Gasteiger partial charge in [-0.15, -0.1) is 0 Å². The number of rotatable bonds is 8. The van der Waals surface area contributed by atoms with Gasteiger partial charge >= 0.3 is 5.97 Å². The fourth-order valence-corrected chi connectivity index (χ4v) is 1.98. The number of unbranched alkanes of at least 4 members (excludes halogenated alkanes) is 2. The van der Waals surface area contributed by atoms with Crippen LogP contribution in [0.15, 0.2) is 24.3 Å². The maximum atomic E-state index is 12.8. The molecule has 0 aromatic heterocycles. The Morgan fingerprint density at radius 3 is 2.59 bits per heavy atom. The lowest BCUT2D eigenvalue weighted by atomic mass is 10.1. The molecule has 1 rings (SSSR count). The van der Waals surface area contributed by atoms with Crippen LogP contribution in [0.4, 0.5) is 4.39 Å². The van der Waals surface area contributed by atoms with Crippen molar-refractivity contribution in [3.05, 3.63) is 35.6 Å². The van der Waals surface area contributed by atoms with Gasteiger partial charge in [0.1, 0.15) is 11.9 Å². The van der Waals surface area contributed by atoms with E-state index < -0.39 is 12.0 Å². The van der Waals surface area contributed by atoms with Gasteiger partial charge in [0.25, 0.3) is 0 Å². The van der Waals surface area contributed by atoms with Crippen LogP contribution in [0, 0.1) is 17.1 Å². The van der Waals surface area contributed by atoms with E-state index in [1.54, 1.807) is 0 Å². The third-order valence-corrected chi connectivity index (χ3v) is 3.13. The average molecular weight is 306 g/mol. The van der Waals surface area contributed by atoms with E-state index in [0.29, 0.717) is 31.2 Å². The highest BCUT2D eigenvalue weighted by Crippen LogP contribution is 2.07. The molecule has 1 N–H and O–H groups in total. The Labute approximate surface area is 129 Å². The number of carbonyl (C=O) groups is 2. The molecule has 0 aliphatic rings. The van der Waals surface area contributed by atoms with Crippen molar-refractivity contribution in [2.75, 3.05) is 7.11 Å². The smallest absolute Gasteiger partial charge is 0.328 e. The first-order valence-corrected chi connectivity index (χ1v) is 7.05. The number of esters is 1. The quantitative estimate of drug-likeness (QED) is 0.589. The molecule has 0 fully saturated rings. The number of nitriles is 1. The summed E-state index contributed by atoms with van der Waals surface area (Å²) in [7, 11) is 1.26. The summed E-state index contributed by atoms with van der Waals surface area (Å²) in [5, 5.41) is 11.1. The highest BCUT2D eigenvalue weighted by molar-refractivity contribution is 5.85. The number of nitrogens with zero attached hydrogens (tertiary/aromatic N) is 1. The molecule has 0 spiro atoms. The van der Waals surface area contributed by atoms with Crippen molar-refractivity contribution in [2.45, 2.75) is 38.1 Å². The summed E-state index contributed by atoms with van der Waals surface area (Å²) in [5.41, 5.74) is 0.659. The number of halogens is 1. The molecular formula is C16H19FN2O3. The van der Waals surface area contributed by atoms with E-state index in [4.69, 9.17) is 5.26 Å². The van der Waals surface area contributed by atoms with Crippen LogP contribution in [0.1, 0.15) is 31.2 Å². The van der Waals surface area contributed by atoms with E-state index in [2.05, 4.69) is 10.1 Å². The lowest BCUT2D eigenvalue weighted by Gasteiger charge is -2.16. The fourth-order valence-electron chi connectivity index (χ4n) is 1.98. The summed E-state index contributed by atoms with van der Waals surface area (Å²) in [6.07, 6.45) is 2.20. The maximum Gasteiger partial charge on any atom is 0.328 e. The number of ether oxygens (including phenoxy) is 1. The molecule has 0 aliphatic carbocycles. The first kappa shape index (κ1) is 17.6. The largest absolute Gasteiger partial charge is 0.467 e. The number of hydrogen-bond donors (Lipinski definition) is 1. The third kappa shape index (κ3) is 6.35. The molecule has 0 heterocycles. The summed E-state index contributed by atoms with van der Waals surface area (Å²) >= 11 is 0. The minimum absolute atomic E-state index is 0.0615. The van der Waals surface area contributed by atoms with Crippen molar-refractivity contribution < 1.29 is 18.7 Å². The van der Waals surface area contributed by atoms with Crippen molar-refractivity contribution in [1.29, 1.82) is 5.26 Å². The van der Waals surface area contributed by atoms with Gasteiger partial charge in [-0.3, -0.25) is 4.79 Å². The van der Waals surface area contributed by atoms with Gasteiger partial charge in [0, 0.05) is 6.42 Å². The molecular weight excluding hydrogens is 287 g/mol. The monoisotopic (exact) mass is 306 g/mol. The lowest BCUT2D eigenvalue weighted by molar-refractivity contribution is -0.145. The van der Waals surface area contributed by atoms with Crippen LogP contribution in [-0.4, -0.2) is 25.0 Å². The van der Waals surface area contributed by atoms with Crippen molar-refractivity contribution in [3.63, 3.8) is 0 Å². The van der Waals surface area contributed by atoms with E-state index in [0.717, 1.165) is 0 Å². The van der Waals surface area contributed by atoms with E-state index >= 15 is 0 Å².